The molecule has 9 nitrogen and oxygen atoms in total. The fourth-order valence-corrected chi connectivity index (χ4v) is 5.75. The Kier molecular flexibility index (Phi) is 39.8. The highest BCUT2D eigenvalue weighted by Crippen LogP contribution is 2.42. The number of carbonyl (C=O) groups excluding carboxylic acids is 2. The van der Waals surface area contributed by atoms with Crippen LogP contribution in [0.2, 0.25) is 0 Å². The largest absolute Gasteiger partial charge is 0.472 e. The van der Waals surface area contributed by atoms with Gasteiger partial charge in [0.25, 0.3) is 0 Å². The summed E-state index contributed by atoms with van der Waals surface area (Å²) in [4.78, 5) is 33.8. The van der Waals surface area contributed by atoms with Crippen molar-refractivity contribution in [3.8, 4) is 0 Å². The summed E-state index contributed by atoms with van der Waals surface area (Å²) in [7, 11) is -4.44. The number of aliphatic hydroxyl groups excluding tert-OH is 1. The molecule has 0 rings (SSSR count). The molecule has 0 aromatic carbocycles. The van der Waals surface area contributed by atoms with Crippen LogP contribution >= 0.6 is 7.82 Å². The number of aliphatic hydroxyl groups is 1. The normalized spacial score (nSPS) is 14.4. The first-order valence-electron chi connectivity index (χ1n) is 21.4. The third kappa shape index (κ3) is 43.6. The highest BCUT2D eigenvalue weighted by Gasteiger charge is 2.23. The molecular formula is C47H76NO8P. The number of hydrogen-bond donors (Lipinski definition) is 3. The van der Waals surface area contributed by atoms with Crippen LogP contribution in [0.3, 0.4) is 0 Å². The zero-order chi connectivity index (χ0) is 41.8. The number of carbonyl (C=O) groups is 2. The highest BCUT2D eigenvalue weighted by atomic mass is 31.2. The molecule has 0 heterocycles. The molecule has 2 unspecified atom stereocenters. The summed E-state index contributed by atoms with van der Waals surface area (Å²) in [6, 6.07) is 0. The van der Waals surface area contributed by atoms with E-state index in [1.165, 1.54) is 6.42 Å². The molecule has 0 saturated heterocycles. The SMILES string of the molecule is CC/C=C\C/C=C\C/C=C\C/C=C\C/C=C\C/C=C\C/C=C\CCCC(=O)NCCOP(=O)(O)OCC(O)COC(=O)CCCCCCC/C=C\C/C=C\CCC. The van der Waals surface area contributed by atoms with Crippen molar-refractivity contribution in [2.75, 3.05) is 26.4 Å². The first kappa shape index (κ1) is 53.7. The number of esters is 1. The summed E-state index contributed by atoms with van der Waals surface area (Å²) in [5.41, 5.74) is 0. The van der Waals surface area contributed by atoms with Gasteiger partial charge in [0.2, 0.25) is 5.91 Å². The molecule has 0 bridgehead atoms. The minimum atomic E-state index is -4.44. The maximum Gasteiger partial charge on any atom is 0.472 e. The molecule has 2 atom stereocenters. The van der Waals surface area contributed by atoms with E-state index < -0.39 is 26.5 Å². The molecule has 322 valence electrons. The van der Waals surface area contributed by atoms with Gasteiger partial charge in [-0.2, -0.15) is 0 Å². The zero-order valence-corrected chi connectivity index (χ0v) is 36.1. The molecular weight excluding hydrogens is 737 g/mol. The van der Waals surface area contributed by atoms with Gasteiger partial charge in [0.15, 0.2) is 0 Å². The molecule has 57 heavy (non-hydrogen) atoms. The van der Waals surface area contributed by atoms with E-state index in [-0.39, 0.29) is 32.1 Å². The number of phosphoric ester groups is 1. The second kappa shape index (κ2) is 42.3. The van der Waals surface area contributed by atoms with Crippen molar-refractivity contribution in [3.05, 3.63) is 109 Å². The van der Waals surface area contributed by atoms with Crippen molar-refractivity contribution < 1.29 is 37.9 Å². The van der Waals surface area contributed by atoms with Crippen LogP contribution in [0.4, 0.5) is 0 Å². The lowest BCUT2D eigenvalue weighted by atomic mass is 10.1. The molecule has 0 aliphatic carbocycles. The summed E-state index contributed by atoms with van der Waals surface area (Å²) < 4.78 is 26.8. The fourth-order valence-electron chi connectivity index (χ4n) is 4.99. The molecule has 0 radical (unpaired) electrons. The second-order valence-electron chi connectivity index (χ2n) is 13.6. The van der Waals surface area contributed by atoms with Crippen molar-refractivity contribution in [3.63, 3.8) is 0 Å². The number of allylic oxidation sites excluding steroid dienone is 18. The third-order valence-corrected chi connectivity index (χ3v) is 9.15. The van der Waals surface area contributed by atoms with Gasteiger partial charge in [-0.1, -0.05) is 149 Å². The lowest BCUT2D eigenvalue weighted by Gasteiger charge is -2.15. The Morgan fingerprint density at radius 3 is 1.54 bits per heavy atom. The van der Waals surface area contributed by atoms with Gasteiger partial charge in [-0.25, -0.2) is 4.57 Å². The van der Waals surface area contributed by atoms with E-state index in [0.717, 1.165) is 96.3 Å². The van der Waals surface area contributed by atoms with E-state index in [1.54, 1.807) is 0 Å². The Bertz CT molecular complexity index is 1290. The van der Waals surface area contributed by atoms with Crippen LogP contribution in [0.15, 0.2) is 109 Å². The topological polar surface area (TPSA) is 131 Å². The van der Waals surface area contributed by atoms with Gasteiger partial charge < -0.3 is 20.1 Å². The van der Waals surface area contributed by atoms with Gasteiger partial charge in [-0.3, -0.25) is 18.6 Å². The van der Waals surface area contributed by atoms with Gasteiger partial charge in [0.1, 0.15) is 12.7 Å². The van der Waals surface area contributed by atoms with E-state index >= 15 is 0 Å². The van der Waals surface area contributed by atoms with E-state index in [9.17, 15) is 24.2 Å². The zero-order valence-electron chi connectivity index (χ0n) is 35.2. The number of phosphoric acid groups is 1. The Hall–Kier alpha value is -3.33. The fraction of sp³-hybridized carbons (Fsp3) is 0.574. The van der Waals surface area contributed by atoms with Gasteiger partial charge in [-0.05, 0) is 89.9 Å². The van der Waals surface area contributed by atoms with Crippen LogP contribution < -0.4 is 5.32 Å². The molecule has 0 aromatic heterocycles. The molecule has 0 saturated carbocycles. The van der Waals surface area contributed by atoms with Crippen LogP contribution in [-0.2, 0) is 27.9 Å². The number of amides is 1. The second-order valence-corrected chi connectivity index (χ2v) is 15.0. The minimum Gasteiger partial charge on any atom is -0.463 e. The minimum absolute atomic E-state index is 0.0412. The van der Waals surface area contributed by atoms with Crippen LogP contribution in [0, 0.1) is 0 Å². The summed E-state index contributed by atoms with van der Waals surface area (Å²) in [6.45, 7) is 3.25. The van der Waals surface area contributed by atoms with Gasteiger partial charge in [0, 0.05) is 19.4 Å². The van der Waals surface area contributed by atoms with Crippen molar-refractivity contribution in [1.29, 1.82) is 0 Å². The van der Waals surface area contributed by atoms with Gasteiger partial charge in [0.05, 0.1) is 13.2 Å². The molecule has 10 heteroatoms. The first-order chi connectivity index (χ1) is 27.8. The summed E-state index contributed by atoms with van der Waals surface area (Å²) in [5.74, 6) is -0.603. The maximum atomic E-state index is 12.1. The molecule has 0 spiro atoms. The Labute approximate surface area is 346 Å². The monoisotopic (exact) mass is 814 g/mol. The Morgan fingerprint density at radius 1 is 0.561 bits per heavy atom. The van der Waals surface area contributed by atoms with Crippen molar-refractivity contribution >= 4 is 19.7 Å². The van der Waals surface area contributed by atoms with Gasteiger partial charge >= 0.3 is 13.8 Å². The number of ether oxygens (including phenoxy) is 1. The number of rotatable bonds is 38. The third-order valence-electron chi connectivity index (χ3n) is 8.17. The first-order valence-corrected chi connectivity index (χ1v) is 22.9. The number of unbranched alkanes of at least 4 members (excludes halogenated alkanes) is 7. The molecule has 0 aliphatic rings. The lowest BCUT2D eigenvalue weighted by Crippen LogP contribution is -2.27. The van der Waals surface area contributed by atoms with Crippen molar-refractivity contribution in [2.24, 2.45) is 0 Å². The van der Waals surface area contributed by atoms with E-state index in [4.69, 9.17) is 13.8 Å². The van der Waals surface area contributed by atoms with E-state index in [0.29, 0.717) is 19.3 Å². The van der Waals surface area contributed by atoms with Gasteiger partial charge in [-0.15, -0.1) is 0 Å². The Morgan fingerprint density at radius 2 is 1.02 bits per heavy atom. The predicted octanol–water partition coefficient (Wildman–Crippen LogP) is 12.0. The summed E-state index contributed by atoms with van der Waals surface area (Å²) in [5, 5.41) is 12.6. The molecule has 1 amide bonds. The summed E-state index contributed by atoms with van der Waals surface area (Å²) >= 11 is 0. The number of nitrogens with one attached hydrogen (secondary N) is 1. The average Bonchev–Trinajstić information content (AvgIpc) is 3.20. The smallest absolute Gasteiger partial charge is 0.463 e. The van der Waals surface area contributed by atoms with E-state index in [1.807, 2.05) is 0 Å². The Balaban J connectivity index is 3.76. The van der Waals surface area contributed by atoms with Crippen molar-refractivity contribution in [2.45, 2.75) is 148 Å². The summed E-state index contributed by atoms with van der Waals surface area (Å²) in [6.07, 6.45) is 56.0. The van der Waals surface area contributed by atoms with Crippen LogP contribution in [0.1, 0.15) is 142 Å². The number of hydrogen-bond acceptors (Lipinski definition) is 7. The standard InChI is InChI=1S/C47H76NO8P/c1-3-5-7-9-11-13-15-17-18-19-20-21-22-23-24-25-26-28-29-31-33-35-37-39-46(50)48-41-42-55-57(52,53)56-44-45(49)43-54-47(51)40-38-36-34-32-30-27-16-14-12-10-8-6-4-2/h5,7-8,10-11,13-14,16-18,20-21,23-24,26,28,31,33,45,49H,3-4,6,9,12,15,19,22,25,27,29-30,32,34-44H2,1-2H3,(H,48,50)(H,52,53)/b7-5-,10-8-,13-11-,16-14-,18-17-,21-20-,24-23-,28-26-,33-31-. The molecule has 0 fully saturated rings. The van der Waals surface area contributed by atoms with Crippen molar-refractivity contribution in [1.82, 2.24) is 5.32 Å². The van der Waals surface area contributed by atoms with Crippen LogP contribution in [0.25, 0.3) is 0 Å². The molecule has 0 aliphatic heterocycles. The maximum absolute atomic E-state index is 12.1. The highest BCUT2D eigenvalue weighted by molar-refractivity contribution is 7.47. The molecule has 3 N–H and O–H groups in total. The van der Waals surface area contributed by atoms with Crippen LogP contribution in [0.5, 0.6) is 0 Å². The van der Waals surface area contributed by atoms with E-state index in [2.05, 4.69) is 129 Å². The quantitative estimate of drug-likeness (QED) is 0.0243. The molecule has 0 aromatic rings. The lowest BCUT2D eigenvalue weighted by molar-refractivity contribution is -0.147. The predicted molar refractivity (Wildman–Crippen MR) is 238 cm³/mol. The van der Waals surface area contributed by atoms with Crippen LogP contribution in [-0.4, -0.2) is 54.3 Å². The average molecular weight is 814 g/mol.